The van der Waals surface area contributed by atoms with E-state index < -0.39 is 11.7 Å². The van der Waals surface area contributed by atoms with Gasteiger partial charge in [0.2, 0.25) is 0 Å². The quantitative estimate of drug-likeness (QED) is 0.442. The summed E-state index contributed by atoms with van der Waals surface area (Å²) in [6.45, 7) is 4.99. The molecule has 32 heavy (non-hydrogen) atoms. The average molecular weight is 464 g/mol. The van der Waals surface area contributed by atoms with Crippen LogP contribution in [0.2, 0.25) is 0 Å². The molecule has 1 fully saturated rings. The molecule has 0 unspecified atom stereocenters. The molecule has 2 aromatic carbocycles. The van der Waals surface area contributed by atoms with Crippen LogP contribution in [0.1, 0.15) is 42.9 Å². The molecule has 0 radical (unpaired) electrons. The van der Waals surface area contributed by atoms with Crippen molar-refractivity contribution in [2.24, 2.45) is 0 Å². The molecule has 1 saturated heterocycles. The first kappa shape index (κ1) is 23.0. The molecule has 0 amide bonds. The molecule has 8 heteroatoms. The van der Waals surface area contributed by atoms with Gasteiger partial charge in [-0.3, -0.25) is 4.79 Å². The third kappa shape index (κ3) is 5.23. The maximum Gasteiger partial charge on any atom is 0.416 e. The Hall–Kier alpha value is -2.19. The van der Waals surface area contributed by atoms with Gasteiger partial charge < -0.3 is 15.5 Å². The normalized spacial score (nSPS) is 15.4. The number of carbonyl (C=O) groups is 1. The zero-order valence-electron chi connectivity index (χ0n) is 18.1. The molecular formula is C24H28F3N3OS. The van der Waals surface area contributed by atoms with Gasteiger partial charge >= 0.3 is 6.18 Å². The molecular weight excluding hydrogens is 435 g/mol. The van der Waals surface area contributed by atoms with Crippen molar-refractivity contribution in [3.63, 3.8) is 0 Å². The molecule has 2 aromatic rings. The van der Waals surface area contributed by atoms with Crippen molar-refractivity contribution in [3.05, 3.63) is 47.0 Å². The molecule has 4 nitrogen and oxygen atoms in total. The second-order valence-electron chi connectivity index (χ2n) is 8.33. The highest BCUT2D eigenvalue weighted by Gasteiger charge is 2.33. The summed E-state index contributed by atoms with van der Waals surface area (Å²) in [4.78, 5) is 16.1. The first-order valence-corrected chi connectivity index (χ1v) is 11.9. The lowest BCUT2D eigenvalue weighted by Gasteiger charge is -2.26. The number of hydrogen-bond acceptors (Lipinski definition) is 5. The predicted molar refractivity (Wildman–Crippen MR) is 123 cm³/mol. The van der Waals surface area contributed by atoms with Gasteiger partial charge in [-0.05, 0) is 61.2 Å². The Balaban J connectivity index is 1.59. The van der Waals surface area contributed by atoms with Crippen LogP contribution in [0, 0.1) is 0 Å². The Morgan fingerprint density at radius 2 is 1.88 bits per heavy atom. The van der Waals surface area contributed by atoms with Crippen LogP contribution < -0.4 is 15.5 Å². The van der Waals surface area contributed by atoms with Crippen molar-refractivity contribution in [3.8, 4) is 0 Å². The fraction of sp³-hybridized carbons (Fsp3) is 0.458. The van der Waals surface area contributed by atoms with Gasteiger partial charge in [0.15, 0.2) is 5.78 Å². The monoisotopic (exact) mass is 463 g/mol. The number of anilines is 2. The Labute approximate surface area is 190 Å². The highest BCUT2D eigenvalue weighted by molar-refractivity contribution is 7.99. The molecule has 172 valence electrons. The van der Waals surface area contributed by atoms with E-state index >= 15 is 0 Å². The topological polar surface area (TPSA) is 44.4 Å². The molecule has 0 saturated carbocycles. The van der Waals surface area contributed by atoms with E-state index in [1.807, 2.05) is 6.92 Å². The standard InChI is InChI=1S/C24H28F3N3OS/c1-2-7-28-14-19(31)15-29-21-11-17(24(25,26)27)12-23-20(21)10-16-5-6-18(13-22(16)32-23)30-8-3-4-9-30/h5-6,11-13,28-29H,2-4,7-10,14-15H2,1H3. The zero-order chi connectivity index (χ0) is 22.7. The Kier molecular flexibility index (Phi) is 7.00. The van der Waals surface area contributed by atoms with E-state index in [4.69, 9.17) is 0 Å². The molecule has 0 atom stereocenters. The minimum atomic E-state index is -4.45. The van der Waals surface area contributed by atoms with E-state index in [2.05, 4.69) is 33.7 Å². The Morgan fingerprint density at radius 1 is 1.09 bits per heavy atom. The van der Waals surface area contributed by atoms with Crippen LogP contribution in [0.5, 0.6) is 0 Å². The fourth-order valence-electron chi connectivity index (χ4n) is 4.17. The van der Waals surface area contributed by atoms with Crippen molar-refractivity contribution in [2.45, 2.75) is 48.6 Å². The van der Waals surface area contributed by atoms with Crippen LogP contribution in [0.4, 0.5) is 24.5 Å². The van der Waals surface area contributed by atoms with Crippen LogP contribution >= 0.6 is 11.8 Å². The minimum Gasteiger partial charge on any atom is -0.378 e. The van der Waals surface area contributed by atoms with Gasteiger partial charge in [0, 0.05) is 40.7 Å². The first-order valence-electron chi connectivity index (χ1n) is 11.1. The van der Waals surface area contributed by atoms with Crippen molar-refractivity contribution >= 4 is 28.9 Å². The number of Topliss-reactive ketones (excluding diaryl/α,β-unsaturated/α-hetero) is 1. The number of carbonyl (C=O) groups excluding carboxylic acids is 1. The number of rotatable bonds is 8. The molecule has 0 spiro atoms. The maximum absolute atomic E-state index is 13.6. The van der Waals surface area contributed by atoms with Crippen molar-refractivity contribution in [2.75, 3.05) is 42.9 Å². The first-order chi connectivity index (χ1) is 15.3. The molecule has 0 aromatic heterocycles. The lowest BCUT2D eigenvalue weighted by Crippen LogP contribution is -2.28. The van der Waals surface area contributed by atoms with Crippen LogP contribution in [-0.2, 0) is 17.4 Å². The number of halogens is 3. The summed E-state index contributed by atoms with van der Waals surface area (Å²) in [5.41, 5.74) is 2.75. The van der Waals surface area contributed by atoms with Gasteiger partial charge in [-0.1, -0.05) is 24.8 Å². The third-order valence-corrected chi connectivity index (χ3v) is 7.05. The van der Waals surface area contributed by atoms with Crippen LogP contribution in [0.25, 0.3) is 0 Å². The van der Waals surface area contributed by atoms with Crippen LogP contribution in [0.15, 0.2) is 40.1 Å². The maximum atomic E-state index is 13.6. The molecule has 2 aliphatic heterocycles. The Bertz CT molecular complexity index is 987. The van der Waals surface area contributed by atoms with E-state index in [1.54, 1.807) is 0 Å². The average Bonchev–Trinajstić information content (AvgIpc) is 3.30. The molecule has 2 N–H and O–H groups in total. The smallest absolute Gasteiger partial charge is 0.378 e. The molecule has 2 heterocycles. The van der Waals surface area contributed by atoms with E-state index in [9.17, 15) is 18.0 Å². The second-order valence-corrected chi connectivity index (χ2v) is 9.42. The molecule has 4 rings (SSSR count). The summed E-state index contributed by atoms with van der Waals surface area (Å²) in [6, 6.07) is 8.66. The van der Waals surface area contributed by atoms with E-state index in [1.165, 1.54) is 30.7 Å². The molecule has 0 bridgehead atoms. The summed E-state index contributed by atoms with van der Waals surface area (Å²) < 4.78 is 40.8. The van der Waals surface area contributed by atoms with E-state index in [0.29, 0.717) is 17.0 Å². The Morgan fingerprint density at radius 3 is 2.59 bits per heavy atom. The second kappa shape index (κ2) is 9.75. The number of alkyl halides is 3. The number of benzene rings is 2. The number of fused-ring (bicyclic) bond motifs is 2. The molecule has 0 aliphatic carbocycles. The lowest BCUT2D eigenvalue weighted by atomic mass is 9.99. The van der Waals surface area contributed by atoms with Gasteiger partial charge in [-0.2, -0.15) is 13.2 Å². The van der Waals surface area contributed by atoms with Crippen molar-refractivity contribution in [1.82, 2.24) is 5.32 Å². The van der Waals surface area contributed by atoms with Crippen LogP contribution in [0.3, 0.4) is 0 Å². The van der Waals surface area contributed by atoms with Crippen LogP contribution in [-0.4, -0.2) is 38.5 Å². The van der Waals surface area contributed by atoms with Gasteiger partial charge in [-0.25, -0.2) is 0 Å². The predicted octanol–water partition coefficient (Wildman–Crippen LogP) is 5.34. The summed E-state index contributed by atoms with van der Waals surface area (Å²) in [5, 5.41) is 6.02. The summed E-state index contributed by atoms with van der Waals surface area (Å²) >= 11 is 1.39. The lowest BCUT2D eigenvalue weighted by molar-refractivity contribution is -0.137. The van der Waals surface area contributed by atoms with Gasteiger partial charge in [0.1, 0.15) is 0 Å². The van der Waals surface area contributed by atoms with Gasteiger partial charge in [0.25, 0.3) is 0 Å². The largest absolute Gasteiger partial charge is 0.416 e. The fourth-order valence-corrected chi connectivity index (χ4v) is 5.35. The summed E-state index contributed by atoms with van der Waals surface area (Å²) in [7, 11) is 0. The van der Waals surface area contributed by atoms with E-state index in [0.717, 1.165) is 53.8 Å². The highest BCUT2D eigenvalue weighted by atomic mass is 32.2. The van der Waals surface area contributed by atoms with E-state index in [-0.39, 0.29) is 18.9 Å². The molecule has 2 aliphatic rings. The SMILES string of the molecule is CCCNCC(=O)CNc1cc(C(F)(F)F)cc2c1Cc1ccc(N3CCCC3)cc1S2. The highest BCUT2D eigenvalue weighted by Crippen LogP contribution is 2.46. The summed E-state index contributed by atoms with van der Waals surface area (Å²) in [5.74, 6) is -0.0799. The number of nitrogens with zero attached hydrogens (tertiary/aromatic N) is 1. The summed E-state index contributed by atoms with van der Waals surface area (Å²) in [6.07, 6.45) is -0.650. The van der Waals surface area contributed by atoms with Gasteiger partial charge in [-0.15, -0.1) is 0 Å². The van der Waals surface area contributed by atoms with Gasteiger partial charge in [0.05, 0.1) is 18.7 Å². The number of ketones is 1. The number of hydrogen-bond donors (Lipinski definition) is 2. The minimum absolute atomic E-state index is 0.00408. The third-order valence-electron chi connectivity index (χ3n) is 5.87. The zero-order valence-corrected chi connectivity index (χ0v) is 19.0. The van der Waals surface area contributed by atoms with Crippen molar-refractivity contribution < 1.29 is 18.0 Å². The number of nitrogens with one attached hydrogen (secondary N) is 2. The van der Waals surface area contributed by atoms with Crippen molar-refractivity contribution in [1.29, 1.82) is 0 Å².